The van der Waals surface area contributed by atoms with Crippen molar-refractivity contribution in [1.29, 1.82) is 0 Å². The molecule has 6 nitrogen and oxygen atoms in total. The summed E-state index contributed by atoms with van der Waals surface area (Å²) < 4.78 is 23.0. The molecule has 0 bridgehead atoms. The first-order valence-electron chi connectivity index (χ1n) is 8.41. The summed E-state index contributed by atoms with van der Waals surface area (Å²) in [5.74, 6) is 0.437. The van der Waals surface area contributed by atoms with Crippen LogP contribution in [0.1, 0.15) is 30.9 Å². The number of hydrogen-bond donors (Lipinski definition) is 2. The van der Waals surface area contributed by atoms with Gasteiger partial charge in [-0.1, -0.05) is 31.2 Å². The molecule has 2 rings (SSSR count). The van der Waals surface area contributed by atoms with Gasteiger partial charge in [0.15, 0.2) is 15.8 Å². The Morgan fingerprint density at radius 2 is 2.08 bits per heavy atom. The van der Waals surface area contributed by atoms with Crippen LogP contribution in [0.2, 0.25) is 0 Å². The van der Waals surface area contributed by atoms with Gasteiger partial charge in [0.25, 0.3) is 0 Å². The standard InChI is InChI=1S/C17H28N4O2S/c1-3-21-10-6-9-16(21)12-20-17(18)19-11-14-7-4-5-8-15(14)13-24(2,22)23/h4-5,7-8,16H,3,6,9-13H2,1-2H3,(H3,18,19,20). The van der Waals surface area contributed by atoms with Gasteiger partial charge in [-0.15, -0.1) is 0 Å². The number of rotatable bonds is 7. The Labute approximate surface area is 145 Å². The SMILES string of the molecule is CCN1CCCC1CNC(N)=NCc1ccccc1CS(C)(=O)=O. The first-order valence-corrected chi connectivity index (χ1v) is 10.5. The van der Waals surface area contributed by atoms with Crippen molar-refractivity contribution in [2.75, 3.05) is 25.9 Å². The largest absolute Gasteiger partial charge is 0.370 e. The lowest BCUT2D eigenvalue weighted by Gasteiger charge is -2.23. The number of guanidine groups is 1. The molecule has 1 unspecified atom stereocenters. The van der Waals surface area contributed by atoms with Crippen LogP contribution in [0.4, 0.5) is 0 Å². The van der Waals surface area contributed by atoms with E-state index in [0.29, 0.717) is 18.5 Å². The zero-order chi connectivity index (χ0) is 17.6. The van der Waals surface area contributed by atoms with Gasteiger partial charge < -0.3 is 11.1 Å². The monoisotopic (exact) mass is 352 g/mol. The highest BCUT2D eigenvalue weighted by Crippen LogP contribution is 2.15. The second-order valence-electron chi connectivity index (χ2n) is 6.35. The Hall–Kier alpha value is -1.60. The summed E-state index contributed by atoms with van der Waals surface area (Å²) in [4.78, 5) is 6.81. The fourth-order valence-electron chi connectivity index (χ4n) is 3.13. The lowest BCUT2D eigenvalue weighted by atomic mass is 10.1. The molecule has 0 spiro atoms. The third kappa shape index (κ3) is 5.79. The molecule has 1 aliphatic rings. The first kappa shape index (κ1) is 18.7. The minimum atomic E-state index is -3.07. The molecule has 1 saturated heterocycles. The summed E-state index contributed by atoms with van der Waals surface area (Å²) in [7, 11) is -3.07. The average molecular weight is 353 g/mol. The summed E-state index contributed by atoms with van der Waals surface area (Å²) in [6.45, 7) is 5.57. The second-order valence-corrected chi connectivity index (χ2v) is 8.49. The number of nitrogens with one attached hydrogen (secondary N) is 1. The maximum absolute atomic E-state index is 11.5. The van der Waals surface area contributed by atoms with Gasteiger partial charge in [-0.2, -0.15) is 0 Å². The number of likely N-dealkylation sites (N-methyl/N-ethyl adjacent to an activating group) is 1. The molecule has 0 radical (unpaired) electrons. The van der Waals surface area contributed by atoms with Crippen molar-refractivity contribution in [3.63, 3.8) is 0 Å². The molecular formula is C17H28N4O2S. The van der Waals surface area contributed by atoms with Crippen molar-refractivity contribution >= 4 is 15.8 Å². The van der Waals surface area contributed by atoms with Crippen LogP contribution in [-0.4, -0.2) is 51.2 Å². The van der Waals surface area contributed by atoms with Crippen LogP contribution in [0.25, 0.3) is 0 Å². The fourth-order valence-corrected chi connectivity index (χ4v) is 3.97. The van der Waals surface area contributed by atoms with Crippen molar-refractivity contribution in [2.45, 2.75) is 38.1 Å². The summed E-state index contributed by atoms with van der Waals surface area (Å²) in [5.41, 5.74) is 7.64. The van der Waals surface area contributed by atoms with Gasteiger partial charge in [-0.05, 0) is 37.1 Å². The molecule has 3 N–H and O–H groups in total. The Balaban J connectivity index is 1.93. The van der Waals surface area contributed by atoms with E-state index in [1.807, 2.05) is 24.3 Å². The van der Waals surface area contributed by atoms with E-state index in [9.17, 15) is 8.42 Å². The van der Waals surface area contributed by atoms with E-state index in [1.165, 1.54) is 19.1 Å². The highest BCUT2D eigenvalue weighted by Gasteiger charge is 2.22. The van der Waals surface area contributed by atoms with Crippen LogP contribution >= 0.6 is 0 Å². The van der Waals surface area contributed by atoms with Crippen molar-refractivity contribution < 1.29 is 8.42 Å². The molecule has 1 atom stereocenters. The van der Waals surface area contributed by atoms with Crippen LogP contribution in [0.5, 0.6) is 0 Å². The Kier molecular flexibility index (Phi) is 6.62. The molecule has 1 aliphatic heterocycles. The molecule has 0 aliphatic carbocycles. The van der Waals surface area contributed by atoms with E-state index in [-0.39, 0.29) is 5.75 Å². The van der Waals surface area contributed by atoms with Crippen LogP contribution < -0.4 is 11.1 Å². The predicted octanol–water partition coefficient (Wildman–Crippen LogP) is 1.12. The lowest BCUT2D eigenvalue weighted by molar-refractivity contribution is 0.267. The van der Waals surface area contributed by atoms with Crippen LogP contribution in [0.15, 0.2) is 29.3 Å². The van der Waals surface area contributed by atoms with Crippen LogP contribution in [0.3, 0.4) is 0 Å². The van der Waals surface area contributed by atoms with E-state index in [2.05, 4.69) is 22.1 Å². The van der Waals surface area contributed by atoms with Gasteiger partial charge >= 0.3 is 0 Å². The van der Waals surface area contributed by atoms with Crippen molar-refractivity contribution in [2.24, 2.45) is 10.7 Å². The molecule has 1 heterocycles. The average Bonchev–Trinajstić information content (AvgIpc) is 2.98. The molecule has 0 saturated carbocycles. The second kappa shape index (κ2) is 8.48. The van der Waals surface area contributed by atoms with Crippen LogP contribution in [-0.2, 0) is 22.1 Å². The van der Waals surface area contributed by atoms with Gasteiger partial charge in [0.2, 0.25) is 0 Å². The highest BCUT2D eigenvalue weighted by atomic mass is 32.2. The van der Waals surface area contributed by atoms with E-state index < -0.39 is 9.84 Å². The quantitative estimate of drug-likeness (QED) is 0.567. The summed E-state index contributed by atoms with van der Waals surface area (Å²) in [6, 6.07) is 7.97. The molecule has 0 aromatic heterocycles. The van der Waals surface area contributed by atoms with Gasteiger partial charge in [0.1, 0.15) is 0 Å². The Morgan fingerprint density at radius 1 is 1.38 bits per heavy atom. The topological polar surface area (TPSA) is 87.8 Å². The van der Waals surface area contributed by atoms with Gasteiger partial charge in [0, 0.05) is 18.8 Å². The molecule has 1 aromatic carbocycles. The zero-order valence-electron chi connectivity index (χ0n) is 14.5. The van der Waals surface area contributed by atoms with Gasteiger partial charge in [-0.3, -0.25) is 4.90 Å². The third-order valence-electron chi connectivity index (χ3n) is 4.38. The smallest absolute Gasteiger partial charge is 0.188 e. The van der Waals surface area contributed by atoms with E-state index in [1.54, 1.807) is 0 Å². The number of hydrogen-bond acceptors (Lipinski definition) is 4. The maximum atomic E-state index is 11.5. The van der Waals surface area contributed by atoms with E-state index >= 15 is 0 Å². The van der Waals surface area contributed by atoms with Crippen molar-refractivity contribution in [3.8, 4) is 0 Å². The van der Waals surface area contributed by atoms with Crippen LogP contribution in [0, 0.1) is 0 Å². The number of nitrogens with two attached hydrogens (primary N) is 1. The van der Waals surface area contributed by atoms with Gasteiger partial charge in [0.05, 0.1) is 12.3 Å². The number of nitrogens with zero attached hydrogens (tertiary/aromatic N) is 2. The first-order chi connectivity index (χ1) is 11.4. The summed E-state index contributed by atoms with van der Waals surface area (Å²) in [6.07, 6.45) is 3.66. The normalized spacial score (nSPS) is 19.6. The van der Waals surface area contributed by atoms with Gasteiger partial charge in [-0.25, -0.2) is 13.4 Å². The van der Waals surface area contributed by atoms with Crippen molar-refractivity contribution in [1.82, 2.24) is 10.2 Å². The Morgan fingerprint density at radius 3 is 2.75 bits per heavy atom. The number of likely N-dealkylation sites (tertiary alicyclic amines) is 1. The number of sulfone groups is 1. The Bertz CT molecular complexity index is 673. The van der Waals surface area contributed by atoms with E-state index in [0.717, 1.165) is 30.8 Å². The molecular weight excluding hydrogens is 324 g/mol. The number of aliphatic imine (C=N–C) groups is 1. The molecule has 24 heavy (non-hydrogen) atoms. The molecule has 7 heteroatoms. The minimum Gasteiger partial charge on any atom is -0.370 e. The predicted molar refractivity (Wildman–Crippen MR) is 98.6 cm³/mol. The molecule has 1 aromatic rings. The van der Waals surface area contributed by atoms with E-state index in [4.69, 9.17) is 5.73 Å². The maximum Gasteiger partial charge on any atom is 0.188 e. The third-order valence-corrected chi connectivity index (χ3v) is 5.22. The zero-order valence-corrected chi connectivity index (χ0v) is 15.3. The summed E-state index contributed by atoms with van der Waals surface area (Å²) >= 11 is 0. The van der Waals surface area contributed by atoms with Crippen molar-refractivity contribution in [3.05, 3.63) is 35.4 Å². The molecule has 0 amide bonds. The number of benzene rings is 1. The summed E-state index contributed by atoms with van der Waals surface area (Å²) in [5, 5.41) is 3.19. The molecule has 134 valence electrons. The fraction of sp³-hybridized carbons (Fsp3) is 0.588. The lowest BCUT2D eigenvalue weighted by Crippen LogP contribution is -2.42. The molecule has 1 fully saturated rings. The highest BCUT2D eigenvalue weighted by molar-refractivity contribution is 7.89. The minimum absolute atomic E-state index is 0.0273.